The van der Waals surface area contributed by atoms with E-state index in [0.29, 0.717) is 13.1 Å². The minimum Gasteiger partial charge on any atom is -0.454 e. The summed E-state index contributed by atoms with van der Waals surface area (Å²) in [6, 6.07) is 12.3. The lowest BCUT2D eigenvalue weighted by Crippen LogP contribution is -2.48. The van der Waals surface area contributed by atoms with Gasteiger partial charge < -0.3 is 14.4 Å². The largest absolute Gasteiger partial charge is 0.454 e. The van der Waals surface area contributed by atoms with Crippen LogP contribution in [0.15, 0.2) is 42.5 Å². The minimum atomic E-state index is -0.302. The normalized spacial score (nSPS) is 16.7. The Hall–Kier alpha value is -2.60. The summed E-state index contributed by atoms with van der Waals surface area (Å²) in [5.74, 6) is 1.34. The Labute approximate surface area is 151 Å². The number of hydrogen-bond acceptors (Lipinski definition) is 4. The van der Waals surface area contributed by atoms with E-state index in [1.807, 2.05) is 17.0 Å². The van der Waals surface area contributed by atoms with Crippen molar-refractivity contribution < 1.29 is 18.7 Å². The topological polar surface area (TPSA) is 42.0 Å². The quantitative estimate of drug-likeness (QED) is 0.844. The molecule has 0 unspecified atom stereocenters. The highest BCUT2D eigenvalue weighted by atomic mass is 19.1. The molecule has 1 amide bonds. The Bertz CT molecular complexity index is 803. The maximum atomic E-state index is 13.3. The van der Waals surface area contributed by atoms with Crippen LogP contribution in [0.5, 0.6) is 11.5 Å². The van der Waals surface area contributed by atoms with Gasteiger partial charge in [0.25, 0.3) is 0 Å². The van der Waals surface area contributed by atoms with Crippen molar-refractivity contribution in [3.05, 3.63) is 59.4 Å². The van der Waals surface area contributed by atoms with E-state index in [2.05, 4.69) is 11.0 Å². The summed E-state index contributed by atoms with van der Waals surface area (Å²) in [5.41, 5.74) is 1.89. The summed E-state index contributed by atoms with van der Waals surface area (Å²) < 4.78 is 24.0. The molecule has 0 atom stereocenters. The van der Waals surface area contributed by atoms with Crippen LogP contribution in [0.1, 0.15) is 11.1 Å². The number of benzene rings is 2. The summed E-state index contributed by atoms with van der Waals surface area (Å²) in [7, 11) is 0. The number of carbonyl (C=O) groups excluding carboxylic acids is 1. The van der Waals surface area contributed by atoms with E-state index in [4.69, 9.17) is 9.47 Å². The Morgan fingerprint density at radius 3 is 2.58 bits per heavy atom. The number of carbonyl (C=O) groups is 1. The number of nitrogens with zero attached hydrogens (tertiary/aromatic N) is 2. The molecule has 2 heterocycles. The summed E-state index contributed by atoms with van der Waals surface area (Å²) in [4.78, 5) is 16.6. The highest BCUT2D eigenvalue weighted by molar-refractivity contribution is 5.78. The van der Waals surface area contributed by atoms with Crippen molar-refractivity contribution in [2.45, 2.75) is 13.0 Å². The Kier molecular flexibility index (Phi) is 4.75. The van der Waals surface area contributed by atoms with Crippen molar-refractivity contribution in [1.82, 2.24) is 9.80 Å². The fourth-order valence-electron chi connectivity index (χ4n) is 3.39. The highest BCUT2D eigenvalue weighted by Gasteiger charge is 2.22. The first kappa shape index (κ1) is 16.8. The van der Waals surface area contributed by atoms with Crippen molar-refractivity contribution in [3.8, 4) is 11.5 Å². The van der Waals surface area contributed by atoms with Crippen LogP contribution in [-0.2, 0) is 17.8 Å². The van der Waals surface area contributed by atoms with Crippen LogP contribution < -0.4 is 9.47 Å². The van der Waals surface area contributed by atoms with E-state index in [9.17, 15) is 9.18 Å². The highest BCUT2D eigenvalue weighted by Crippen LogP contribution is 2.32. The lowest BCUT2D eigenvalue weighted by atomic mass is 10.1. The maximum Gasteiger partial charge on any atom is 0.231 e. The molecule has 0 N–H and O–H groups in total. The molecule has 1 saturated heterocycles. The van der Waals surface area contributed by atoms with E-state index in [0.717, 1.165) is 36.7 Å². The predicted octanol–water partition coefficient (Wildman–Crippen LogP) is 2.44. The predicted molar refractivity (Wildman–Crippen MR) is 94.5 cm³/mol. The van der Waals surface area contributed by atoms with Crippen molar-refractivity contribution >= 4 is 5.91 Å². The number of amides is 1. The fraction of sp³-hybridized carbons (Fsp3) is 0.350. The van der Waals surface area contributed by atoms with Crippen molar-refractivity contribution in [1.29, 1.82) is 0 Å². The van der Waals surface area contributed by atoms with Gasteiger partial charge in [0.05, 0.1) is 6.42 Å². The van der Waals surface area contributed by atoms with Crippen LogP contribution in [-0.4, -0.2) is 48.7 Å². The van der Waals surface area contributed by atoms with Gasteiger partial charge in [-0.15, -0.1) is 0 Å². The number of piperazine rings is 1. The average molecular weight is 356 g/mol. The Morgan fingerprint density at radius 2 is 1.77 bits per heavy atom. The molecule has 2 aliphatic rings. The second kappa shape index (κ2) is 7.33. The standard InChI is InChI=1S/C20H21FN2O3/c21-17-3-1-2-15(10-17)12-20(24)23-8-6-22(7-9-23)13-16-4-5-18-19(11-16)26-14-25-18/h1-5,10-11H,6-9,12-14H2. The van der Waals surface area contributed by atoms with E-state index < -0.39 is 0 Å². The Morgan fingerprint density at radius 1 is 0.962 bits per heavy atom. The first-order valence-corrected chi connectivity index (χ1v) is 8.80. The number of rotatable bonds is 4. The van der Waals surface area contributed by atoms with Gasteiger partial charge in [-0.3, -0.25) is 9.69 Å². The summed E-state index contributed by atoms with van der Waals surface area (Å²) in [6.45, 7) is 4.14. The van der Waals surface area contributed by atoms with Gasteiger partial charge in [-0.05, 0) is 35.4 Å². The monoisotopic (exact) mass is 356 g/mol. The third-order valence-electron chi connectivity index (χ3n) is 4.81. The molecule has 1 fully saturated rings. The van der Waals surface area contributed by atoms with Gasteiger partial charge in [0.15, 0.2) is 11.5 Å². The first-order chi connectivity index (χ1) is 12.7. The zero-order chi connectivity index (χ0) is 17.9. The van der Waals surface area contributed by atoms with Gasteiger partial charge >= 0.3 is 0 Å². The first-order valence-electron chi connectivity index (χ1n) is 8.80. The SMILES string of the molecule is O=C(Cc1cccc(F)c1)N1CCN(Cc2ccc3c(c2)OCO3)CC1. The number of hydrogen-bond donors (Lipinski definition) is 0. The molecule has 0 radical (unpaired) electrons. The zero-order valence-electron chi connectivity index (χ0n) is 14.5. The van der Waals surface area contributed by atoms with Gasteiger partial charge in [-0.2, -0.15) is 0 Å². The number of halogens is 1. The number of ether oxygens (including phenoxy) is 2. The lowest BCUT2D eigenvalue weighted by Gasteiger charge is -2.34. The van der Waals surface area contributed by atoms with Crippen LogP contribution >= 0.6 is 0 Å². The molecule has 2 aliphatic heterocycles. The summed E-state index contributed by atoms with van der Waals surface area (Å²) in [6.07, 6.45) is 0.250. The lowest BCUT2D eigenvalue weighted by molar-refractivity contribution is -0.132. The summed E-state index contributed by atoms with van der Waals surface area (Å²) >= 11 is 0. The van der Waals surface area contributed by atoms with Crippen LogP contribution in [0.25, 0.3) is 0 Å². The van der Waals surface area contributed by atoms with Crippen LogP contribution in [0.2, 0.25) is 0 Å². The third-order valence-corrected chi connectivity index (χ3v) is 4.81. The van der Waals surface area contributed by atoms with Crippen molar-refractivity contribution in [2.24, 2.45) is 0 Å². The molecule has 5 nitrogen and oxygen atoms in total. The molecular weight excluding hydrogens is 335 g/mol. The smallest absolute Gasteiger partial charge is 0.231 e. The molecule has 0 bridgehead atoms. The van der Waals surface area contributed by atoms with Crippen molar-refractivity contribution in [3.63, 3.8) is 0 Å². The van der Waals surface area contributed by atoms with E-state index in [-0.39, 0.29) is 24.9 Å². The van der Waals surface area contributed by atoms with E-state index in [1.54, 1.807) is 12.1 Å². The minimum absolute atomic E-state index is 0.0540. The van der Waals surface area contributed by atoms with Gasteiger partial charge in [-0.25, -0.2) is 4.39 Å². The molecule has 2 aromatic carbocycles. The van der Waals surface area contributed by atoms with Crippen LogP contribution in [0.3, 0.4) is 0 Å². The molecule has 136 valence electrons. The van der Waals surface area contributed by atoms with Gasteiger partial charge in [0, 0.05) is 32.7 Å². The molecule has 26 heavy (non-hydrogen) atoms. The molecular formula is C20H21FN2O3. The molecule has 2 aromatic rings. The van der Waals surface area contributed by atoms with Gasteiger partial charge in [0.1, 0.15) is 5.82 Å². The summed E-state index contributed by atoms with van der Waals surface area (Å²) in [5, 5.41) is 0. The maximum absolute atomic E-state index is 13.3. The van der Waals surface area contributed by atoms with Crippen molar-refractivity contribution in [2.75, 3.05) is 33.0 Å². The molecule has 0 saturated carbocycles. The molecule has 6 heteroatoms. The molecule has 0 spiro atoms. The zero-order valence-corrected chi connectivity index (χ0v) is 14.5. The van der Waals surface area contributed by atoms with E-state index >= 15 is 0 Å². The molecule has 0 aromatic heterocycles. The average Bonchev–Trinajstić information content (AvgIpc) is 3.10. The molecule has 0 aliphatic carbocycles. The number of fused-ring (bicyclic) bond motifs is 1. The van der Waals surface area contributed by atoms with Gasteiger partial charge in [-0.1, -0.05) is 18.2 Å². The second-order valence-electron chi connectivity index (χ2n) is 6.65. The second-order valence-corrected chi connectivity index (χ2v) is 6.65. The third kappa shape index (κ3) is 3.80. The van der Waals surface area contributed by atoms with Gasteiger partial charge in [0.2, 0.25) is 12.7 Å². The fourth-order valence-corrected chi connectivity index (χ4v) is 3.39. The van der Waals surface area contributed by atoms with Crippen LogP contribution in [0, 0.1) is 5.82 Å². The molecule has 4 rings (SSSR count). The van der Waals surface area contributed by atoms with E-state index in [1.165, 1.54) is 17.7 Å². The van der Waals surface area contributed by atoms with Crippen LogP contribution in [0.4, 0.5) is 4.39 Å². The Balaban J connectivity index is 1.29.